The quantitative estimate of drug-likeness (QED) is 0.668. The molecule has 0 radical (unpaired) electrons. The number of hydrogen-bond donors (Lipinski definition) is 0. The van der Waals surface area contributed by atoms with E-state index < -0.39 is 0 Å². The van der Waals surface area contributed by atoms with Gasteiger partial charge in [0.25, 0.3) is 0 Å². The van der Waals surface area contributed by atoms with E-state index in [4.69, 9.17) is 0 Å². The Balaban J connectivity index is 1.65. The molecule has 4 saturated heterocycles. The zero-order valence-corrected chi connectivity index (χ0v) is 11.8. The molecule has 0 saturated carbocycles. The second-order valence-electron chi connectivity index (χ2n) is 7.09. The summed E-state index contributed by atoms with van der Waals surface area (Å²) < 4.78 is 0. The maximum atomic E-state index is 9.72. The van der Waals surface area contributed by atoms with Gasteiger partial charge in [0, 0.05) is 24.5 Å². The van der Waals surface area contributed by atoms with E-state index in [1.54, 1.807) is 0 Å². The molecule has 0 spiro atoms. The molecule has 4 heterocycles. The topological polar surface area (TPSA) is 30.3 Å². The van der Waals surface area contributed by atoms with Crippen LogP contribution in [0.4, 0.5) is 0 Å². The molecule has 0 aliphatic carbocycles. The summed E-state index contributed by atoms with van der Waals surface area (Å²) in [7, 11) is 0. The summed E-state index contributed by atoms with van der Waals surface area (Å²) >= 11 is 0. The van der Waals surface area contributed by atoms with E-state index in [1.165, 1.54) is 64.6 Å². The summed E-state index contributed by atoms with van der Waals surface area (Å²) in [4.78, 5) is 5.35. The molecule has 0 N–H and O–H groups in total. The molecule has 0 aromatic heterocycles. The Bertz CT molecular complexity index is 386. The predicted molar refractivity (Wildman–Crippen MR) is 74.6 cm³/mol. The molecule has 2 bridgehead atoms. The minimum Gasteiger partial charge on any atom is -0.300 e. The van der Waals surface area contributed by atoms with Gasteiger partial charge in [0.15, 0.2) is 0 Å². The zero-order valence-electron chi connectivity index (χ0n) is 11.8. The van der Waals surface area contributed by atoms with Crippen molar-refractivity contribution in [3.63, 3.8) is 0 Å². The van der Waals surface area contributed by atoms with Gasteiger partial charge in [0.1, 0.15) is 6.04 Å². The highest BCUT2D eigenvalue weighted by molar-refractivity contribution is 5.11. The van der Waals surface area contributed by atoms with Gasteiger partial charge in [-0.1, -0.05) is 12.8 Å². The molecule has 5 atom stereocenters. The predicted octanol–water partition coefficient (Wildman–Crippen LogP) is 2.24. The van der Waals surface area contributed by atoms with Crippen molar-refractivity contribution in [1.29, 1.82) is 5.26 Å². The first-order valence-electron chi connectivity index (χ1n) is 8.28. The standard InChI is InChI=1S/C16H25N3/c17-10-16-13-9-12(14-5-2-4-8-19(14)16)11-18-7-3-1-6-15(13)18/h12-16H,1-9,11H2/t12-,13-,14-,15+,16+/m0/s1. The van der Waals surface area contributed by atoms with E-state index >= 15 is 0 Å². The largest absolute Gasteiger partial charge is 0.300 e. The summed E-state index contributed by atoms with van der Waals surface area (Å²) in [5.41, 5.74) is 0. The molecular weight excluding hydrogens is 234 g/mol. The Morgan fingerprint density at radius 1 is 0.947 bits per heavy atom. The number of nitriles is 1. The van der Waals surface area contributed by atoms with Crippen molar-refractivity contribution >= 4 is 0 Å². The molecule has 0 amide bonds. The Labute approximate surface area is 116 Å². The van der Waals surface area contributed by atoms with Crippen molar-refractivity contribution in [2.24, 2.45) is 11.8 Å². The Morgan fingerprint density at radius 3 is 2.58 bits per heavy atom. The lowest BCUT2D eigenvalue weighted by molar-refractivity contribution is -0.0914. The highest BCUT2D eigenvalue weighted by Gasteiger charge is 2.51. The second kappa shape index (κ2) is 4.75. The fraction of sp³-hybridized carbons (Fsp3) is 0.938. The first-order valence-corrected chi connectivity index (χ1v) is 8.28. The highest BCUT2D eigenvalue weighted by Crippen LogP contribution is 2.45. The molecular formula is C16H25N3. The van der Waals surface area contributed by atoms with Crippen LogP contribution in [-0.2, 0) is 0 Å². The van der Waals surface area contributed by atoms with Gasteiger partial charge in [-0.3, -0.25) is 9.80 Å². The molecule has 3 heteroatoms. The van der Waals surface area contributed by atoms with Gasteiger partial charge in [-0.05, 0) is 51.1 Å². The van der Waals surface area contributed by atoms with Crippen LogP contribution >= 0.6 is 0 Å². The van der Waals surface area contributed by atoms with Crippen molar-refractivity contribution in [3.8, 4) is 6.07 Å². The number of fused-ring (bicyclic) bond motifs is 6. The second-order valence-corrected chi connectivity index (χ2v) is 7.09. The zero-order chi connectivity index (χ0) is 12.8. The molecule has 0 aromatic rings. The number of hydrogen-bond acceptors (Lipinski definition) is 3. The molecule has 4 aliphatic heterocycles. The average molecular weight is 259 g/mol. The lowest BCUT2D eigenvalue weighted by Crippen LogP contribution is -2.66. The third-order valence-corrected chi connectivity index (χ3v) is 6.23. The maximum absolute atomic E-state index is 9.72. The van der Waals surface area contributed by atoms with Crippen molar-refractivity contribution in [2.45, 2.75) is 63.1 Å². The fourth-order valence-corrected chi connectivity index (χ4v) is 5.48. The number of rotatable bonds is 0. The van der Waals surface area contributed by atoms with Crippen LogP contribution in [0.25, 0.3) is 0 Å². The normalized spacial score (nSPS) is 47.0. The Hall–Kier alpha value is -0.590. The average Bonchev–Trinajstić information content (AvgIpc) is 2.48. The molecule has 4 rings (SSSR count). The smallest absolute Gasteiger partial charge is 0.102 e. The highest BCUT2D eigenvalue weighted by atomic mass is 15.3. The van der Waals surface area contributed by atoms with E-state index in [-0.39, 0.29) is 6.04 Å². The molecule has 0 aromatic carbocycles. The van der Waals surface area contributed by atoms with Gasteiger partial charge in [-0.15, -0.1) is 0 Å². The lowest BCUT2D eigenvalue weighted by atomic mass is 9.67. The van der Waals surface area contributed by atoms with Crippen LogP contribution in [0.3, 0.4) is 0 Å². The van der Waals surface area contributed by atoms with E-state index in [0.717, 1.165) is 18.0 Å². The van der Waals surface area contributed by atoms with Crippen LogP contribution in [0.15, 0.2) is 0 Å². The molecule has 104 valence electrons. The molecule has 3 nitrogen and oxygen atoms in total. The van der Waals surface area contributed by atoms with E-state index in [2.05, 4.69) is 15.9 Å². The molecule has 0 unspecified atom stereocenters. The third kappa shape index (κ3) is 1.84. The number of piperidine rings is 4. The Kier molecular flexibility index (Phi) is 3.04. The lowest BCUT2D eigenvalue weighted by Gasteiger charge is -2.59. The first kappa shape index (κ1) is 12.2. The summed E-state index contributed by atoms with van der Waals surface area (Å²) in [6, 6.07) is 4.35. The summed E-state index contributed by atoms with van der Waals surface area (Å²) in [6.07, 6.45) is 9.46. The maximum Gasteiger partial charge on any atom is 0.102 e. The molecule has 4 aliphatic rings. The van der Waals surface area contributed by atoms with Crippen LogP contribution in [0.1, 0.15) is 44.9 Å². The molecule has 4 fully saturated rings. The fourth-order valence-electron chi connectivity index (χ4n) is 5.48. The van der Waals surface area contributed by atoms with Crippen LogP contribution in [0.5, 0.6) is 0 Å². The van der Waals surface area contributed by atoms with Gasteiger partial charge in [-0.25, -0.2) is 0 Å². The Morgan fingerprint density at radius 2 is 1.74 bits per heavy atom. The van der Waals surface area contributed by atoms with Gasteiger partial charge in [-0.2, -0.15) is 5.26 Å². The molecule has 19 heavy (non-hydrogen) atoms. The van der Waals surface area contributed by atoms with E-state index in [0.29, 0.717) is 5.92 Å². The van der Waals surface area contributed by atoms with Gasteiger partial charge >= 0.3 is 0 Å². The van der Waals surface area contributed by atoms with Crippen molar-refractivity contribution in [1.82, 2.24) is 9.80 Å². The van der Waals surface area contributed by atoms with Crippen molar-refractivity contribution in [3.05, 3.63) is 0 Å². The van der Waals surface area contributed by atoms with E-state index in [9.17, 15) is 5.26 Å². The summed E-state index contributed by atoms with van der Waals surface area (Å²) in [5, 5.41) is 9.72. The van der Waals surface area contributed by atoms with Gasteiger partial charge < -0.3 is 0 Å². The third-order valence-electron chi connectivity index (χ3n) is 6.23. The van der Waals surface area contributed by atoms with Crippen LogP contribution in [-0.4, -0.2) is 47.6 Å². The SMILES string of the molecule is N#C[C@@H]1[C@H]2C[C@@H](CN3CCCC[C@H]23)[C@@H]2CCCCN12. The number of nitrogens with zero attached hydrogens (tertiary/aromatic N) is 3. The monoisotopic (exact) mass is 259 g/mol. The van der Waals surface area contributed by atoms with Gasteiger partial charge in [0.2, 0.25) is 0 Å². The first-order chi connectivity index (χ1) is 9.38. The van der Waals surface area contributed by atoms with Crippen LogP contribution < -0.4 is 0 Å². The van der Waals surface area contributed by atoms with Crippen LogP contribution in [0, 0.1) is 23.2 Å². The van der Waals surface area contributed by atoms with E-state index in [1.807, 2.05) is 0 Å². The van der Waals surface area contributed by atoms with Crippen molar-refractivity contribution < 1.29 is 0 Å². The van der Waals surface area contributed by atoms with Crippen molar-refractivity contribution in [2.75, 3.05) is 19.6 Å². The van der Waals surface area contributed by atoms with Gasteiger partial charge in [0.05, 0.1) is 6.07 Å². The summed E-state index contributed by atoms with van der Waals surface area (Å²) in [5.74, 6) is 1.49. The minimum atomic E-state index is 0.215. The van der Waals surface area contributed by atoms with Crippen LogP contribution in [0.2, 0.25) is 0 Å². The minimum absolute atomic E-state index is 0.215. The summed E-state index contributed by atoms with van der Waals surface area (Å²) in [6.45, 7) is 3.80.